The van der Waals surface area contributed by atoms with Crippen molar-refractivity contribution in [2.45, 2.75) is 12.8 Å². The maximum atomic E-state index is 11.5. The number of rotatable bonds is 9. The number of piperidine rings is 1. The van der Waals surface area contributed by atoms with Crippen LogP contribution in [0.1, 0.15) is 24.0 Å². The lowest BCUT2D eigenvalue weighted by molar-refractivity contribution is 0.215. The minimum Gasteiger partial charge on any atom is -0.506 e. The number of carbonyl (C=O) groups is 2. The second-order valence-electron chi connectivity index (χ2n) is 13.0. The van der Waals surface area contributed by atoms with Gasteiger partial charge in [-0.2, -0.15) is 10.5 Å². The number of phenols is 1. The number of nitrogens with one attached hydrogen (secondary N) is 5. The molecule has 6 N–H and O–H groups in total. The molecule has 7 rings (SSSR count). The van der Waals surface area contributed by atoms with Crippen molar-refractivity contribution in [1.29, 1.82) is 10.5 Å². The van der Waals surface area contributed by atoms with E-state index < -0.39 is 0 Å². The van der Waals surface area contributed by atoms with Gasteiger partial charge in [-0.1, -0.05) is 23.2 Å². The number of pyridine rings is 2. The van der Waals surface area contributed by atoms with E-state index in [-0.39, 0.29) is 23.4 Å². The average molecular weight is 835 g/mol. The first-order valence-corrected chi connectivity index (χ1v) is 18.9. The summed E-state index contributed by atoms with van der Waals surface area (Å²) in [6.07, 6.45) is 5.30. The number of hydrogen-bond acceptors (Lipinski definition) is 11. The van der Waals surface area contributed by atoms with E-state index >= 15 is 0 Å². The summed E-state index contributed by atoms with van der Waals surface area (Å²) >= 11 is 12.5. The Hall–Kier alpha value is -7.04. The first-order valence-electron chi connectivity index (χ1n) is 18.2. The van der Waals surface area contributed by atoms with Gasteiger partial charge in [-0.05, 0) is 80.4 Å². The number of hydrogen-bond donors (Lipinski definition) is 6. The third-order valence-corrected chi connectivity index (χ3v) is 9.71. The van der Waals surface area contributed by atoms with E-state index in [0.717, 1.165) is 25.9 Å². The van der Waals surface area contributed by atoms with Gasteiger partial charge in [0.05, 0.1) is 50.2 Å². The molecule has 15 nitrogen and oxygen atoms in total. The molecule has 17 heteroatoms. The van der Waals surface area contributed by atoms with Gasteiger partial charge < -0.3 is 45.9 Å². The van der Waals surface area contributed by atoms with Crippen molar-refractivity contribution >= 4 is 68.4 Å². The van der Waals surface area contributed by atoms with E-state index in [1.807, 2.05) is 6.07 Å². The number of nitrogens with zero attached hydrogens (tertiary/aromatic N) is 4. The number of urea groups is 2. The van der Waals surface area contributed by atoms with Crippen LogP contribution in [0.3, 0.4) is 0 Å². The average Bonchev–Trinajstić information content (AvgIpc) is 3.25. The van der Waals surface area contributed by atoms with Crippen LogP contribution in [-0.4, -0.2) is 60.9 Å². The molecule has 59 heavy (non-hydrogen) atoms. The highest BCUT2D eigenvalue weighted by Crippen LogP contribution is 2.37. The Bertz CT molecular complexity index is 2610. The quantitative estimate of drug-likeness (QED) is 0.0810. The summed E-state index contributed by atoms with van der Waals surface area (Å²) < 4.78 is 17.9. The molecule has 2 aromatic heterocycles. The van der Waals surface area contributed by atoms with Crippen molar-refractivity contribution in [3.05, 3.63) is 106 Å². The molecule has 6 aromatic rings. The predicted octanol–water partition coefficient (Wildman–Crippen LogP) is 8.69. The molecule has 1 fully saturated rings. The third-order valence-electron chi connectivity index (χ3n) is 9.08. The van der Waals surface area contributed by atoms with Crippen LogP contribution in [0.4, 0.5) is 21.0 Å². The van der Waals surface area contributed by atoms with Gasteiger partial charge in [0.2, 0.25) is 0 Å². The molecular weight excluding hydrogens is 797 g/mol. The van der Waals surface area contributed by atoms with Crippen LogP contribution in [0.5, 0.6) is 34.5 Å². The molecule has 0 spiro atoms. The largest absolute Gasteiger partial charge is 0.506 e. The lowest BCUT2D eigenvalue weighted by atomic mass is 9.99. The zero-order valence-electron chi connectivity index (χ0n) is 31.7. The fourth-order valence-corrected chi connectivity index (χ4v) is 6.42. The molecule has 1 saturated heterocycles. The summed E-state index contributed by atoms with van der Waals surface area (Å²) in [5.74, 6) is 2.77. The highest BCUT2D eigenvalue weighted by molar-refractivity contribution is 6.34. The normalized spacial score (nSPS) is 12.2. The minimum absolute atomic E-state index is 0.124. The summed E-state index contributed by atoms with van der Waals surface area (Å²) in [5, 5.41) is 44.0. The predicted molar refractivity (Wildman–Crippen MR) is 225 cm³/mol. The van der Waals surface area contributed by atoms with Gasteiger partial charge in [-0.25, -0.2) is 9.59 Å². The highest BCUT2D eigenvalue weighted by Gasteiger charge is 2.17. The first-order chi connectivity index (χ1) is 28.6. The molecule has 1 aliphatic heterocycles. The smallest absolute Gasteiger partial charge is 0.319 e. The van der Waals surface area contributed by atoms with Gasteiger partial charge in [0.25, 0.3) is 0 Å². The van der Waals surface area contributed by atoms with E-state index in [1.165, 1.54) is 32.4 Å². The molecule has 4 amide bonds. The molecule has 0 atom stereocenters. The number of benzene rings is 4. The van der Waals surface area contributed by atoms with Crippen molar-refractivity contribution < 1.29 is 28.9 Å². The zero-order valence-corrected chi connectivity index (χ0v) is 33.2. The third kappa shape index (κ3) is 10.5. The van der Waals surface area contributed by atoms with Crippen LogP contribution in [-0.2, 0) is 0 Å². The molecule has 4 aromatic carbocycles. The lowest BCUT2D eigenvalue weighted by Gasteiger charge is -2.23. The van der Waals surface area contributed by atoms with E-state index in [9.17, 15) is 20.0 Å². The topological polar surface area (TPSA) is 216 Å². The Morgan fingerprint density at radius 3 is 1.75 bits per heavy atom. The Morgan fingerprint density at radius 1 is 0.746 bits per heavy atom. The van der Waals surface area contributed by atoms with Gasteiger partial charge in [0, 0.05) is 61.5 Å². The maximum Gasteiger partial charge on any atom is 0.319 e. The minimum atomic E-state index is -0.385. The fourth-order valence-electron chi connectivity index (χ4n) is 5.98. The van der Waals surface area contributed by atoms with Gasteiger partial charge in [0.15, 0.2) is 0 Å². The van der Waals surface area contributed by atoms with Gasteiger partial charge >= 0.3 is 12.1 Å². The van der Waals surface area contributed by atoms with Crippen molar-refractivity contribution in [3.63, 3.8) is 0 Å². The van der Waals surface area contributed by atoms with Crippen LogP contribution in [0, 0.1) is 28.6 Å². The van der Waals surface area contributed by atoms with Gasteiger partial charge in [0.1, 0.15) is 46.6 Å². The molecule has 0 unspecified atom stereocenters. The molecule has 1 aliphatic rings. The number of aromatic nitrogens is 2. The molecule has 300 valence electrons. The second kappa shape index (κ2) is 19.4. The van der Waals surface area contributed by atoms with Crippen LogP contribution < -0.4 is 40.8 Å². The summed E-state index contributed by atoms with van der Waals surface area (Å²) in [5.41, 5.74) is 2.61. The Kier molecular flexibility index (Phi) is 13.7. The summed E-state index contributed by atoms with van der Waals surface area (Å²) in [6, 6.07) is 23.0. The fraction of sp³-hybridized carbons (Fsp3) is 0.190. The number of nitriles is 2. The number of ether oxygens (including phenoxy) is 3. The molecule has 0 saturated carbocycles. The van der Waals surface area contributed by atoms with Crippen LogP contribution in [0.15, 0.2) is 85.2 Å². The van der Waals surface area contributed by atoms with Crippen molar-refractivity contribution in [2.24, 2.45) is 5.92 Å². The SMILES string of the molecule is CNC(=O)Nc1ccc(Oc2ccnc3cc(O)c(C#N)cc23)cc1Cl.CNC(=O)Nc1ccc(Oc2ccnc3cc(OCC4CCNCC4)c(C#N)cc23)cc1Cl. The first kappa shape index (κ1) is 41.6. The number of halogens is 2. The van der Waals surface area contributed by atoms with Crippen molar-refractivity contribution in [3.8, 4) is 46.6 Å². The van der Waals surface area contributed by atoms with Gasteiger partial charge in [-0.3, -0.25) is 9.97 Å². The number of aromatic hydroxyl groups is 1. The highest BCUT2D eigenvalue weighted by atomic mass is 35.5. The maximum absolute atomic E-state index is 11.5. The van der Waals surface area contributed by atoms with Crippen LogP contribution >= 0.6 is 23.2 Å². The molecular formula is C42H37Cl2N9O6. The van der Waals surface area contributed by atoms with Crippen molar-refractivity contribution in [1.82, 2.24) is 25.9 Å². The Morgan fingerprint density at radius 2 is 1.25 bits per heavy atom. The number of phenolic OH excluding ortho intramolecular Hbond substituents is 1. The number of carbonyl (C=O) groups excluding carboxylic acids is 2. The zero-order chi connectivity index (χ0) is 41.9. The van der Waals surface area contributed by atoms with Crippen LogP contribution in [0.25, 0.3) is 21.8 Å². The summed E-state index contributed by atoms with van der Waals surface area (Å²) in [4.78, 5) is 31.5. The van der Waals surface area contributed by atoms with E-state index in [0.29, 0.717) is 90.1 Å². The van der Waals surface area contributed by atoms with Crippen LogP contribution in [0.2, 0.25) is 10.0 Å². The molecule has 0 radical (unpaired) electrons. The Labute approximate surface area is 348 Å². The van der Waals surface area contributed by atoms with Crippen molar-refractivity contribution in [2.75, 3.05) is 44.4 Å². The van der Waals surface area contributed by atoms with Gasteiger partial charge in [-0.15, -0.1) is 0 Å². The summed E-state index contributed by atoms with van der Waals surface area (Å²) in [7, 11) is 3.03. The number of fused-ring (bicyclic) bond motifs is 2. The molecule has 3 heterocycles. The summed E-state index contributed by atoms with van der Waals surface area (Å²) in [6.45, 7) is 2.56. The van der Waals surface area contributed by atoms with E-state index in [1.54, 1.807) is 66.9 Å². The Balaban J connectivity index is 0.000000204. The van der Waals surface area contributed by atoms with E-state index in [2.05, 4.69) is 42.6 Å². The standard InChI is InChI=1S/C24H24ClN5O3.C18H13ClN4O3/c1-27-24(31)30-20-3-2-17(11-19(20)25)33-22-6-9-29-21-12-23(16(13-26)10-18(21)22)32-14-15-4-7-28-8-5-15;1-21-18(25)23-14-3-2-11(7-13(14)19)26-17-4-5-22-15-8-16(24)10(9-20)6-12(15)17/h2-3,6,9-12,15,28H,4-5,7-8,14H2,1H3,(H2,27,30,31);2-8,24H,1H3,(H2,21,23,25). The monoisotopic (exact) mass is 833 g/mol. The molecule has 0 bridgehead atoms. The lowest BCUT2D eigenvalue weighted by Crippen LogP contribution is -2.30. The second-order valence-corrected chi connectivity index (χ2v) is 13.8. The number of amides is 4. The molecule has 0 aliphatic carbocycles. The number of anilines is 2. The van der Waals surface area contributed by atoms with E-state index in [4.69, 9.17) is 42.7 Å².